The molecule has 0 saturated carbocycles. The minimum atomic E-state index is 0.590. The van der Waals surface area contributed by atoms with Crippen LogP contribution >= 0.6 is 0 Å². The van der Waals surface area contributed by atoms with Gasteiger partial charge in [-0.2, -0.15) is 0 Å². The Morgan fingerprint density at radius 3 is 1.37 bits per heavy atom. The topological polar surface area (TPSA) is 6.48 Å². The van der Waals surface area contributed by atoms with Crippen molar-refractivity contribution in [3.63, 3.8) is 0 Å². The van der Waals surface area contributed by atoms with Crippen molar-refractivity contribution < 1.29 is 0 Å². The number of nitrogens with zero attached hydrogens (tertiary/aromatic N) is 2. The molecule has 0 aromatic heterocycles. The van der Waals surface area contributed by atoms with Gasteiger partial charge in [0.1, 0.15) is 6.17 Å². The molecule has 0 radical (unpaired) electrons. The van der Waals surface area contributed by atoms with Crippen LogP contribution in [-0.2, 0) is 0 Å². The zero-order valence-electron chi connectivity index (χ0n) is 19.2. The third-order valence-electron chi connectivity index (χ3n) is 5.98. The van der Waals surface area contributed by atoms with Crippen LogP contribution in [0.15, 0.2) is 12.4 Å². The van der Waals surface area contributed by atoms with Crippen molar-refractivity contribution in [2.45, 2.75) is 130 Å². The van der Waals surface area contributed by atoms with Crippen LogP contribution in [0.3, 0.4) is 0 Å². The Kier molecular flexibility index (Phi) is 14.7. The Hall–Kier alpha value is -0.660. The molecule has 0 N–H and O–H groups in total. The van der Waals surface area contributed by atoms with Crippen molar-refractivity contribution in [3.8, 4) is 0 Å². The fraction of sp³-hybridized carbons (Fsp3) is 0.920. The lowest BCUT2D eigenvalue weighted by atomic mass is 10.0. The predicted octanol–water partition coefficient (Wildman–Crippen LogP) is 7.95. The van der Waals surface area contributed by atoms with Crippen molar-refractivity contribution in [2.75, 3.05) is 13.1 Å². The fourth-order valence-electron chi connectivity index (χ4n) is 4.46. The summed E-state index contributed by atoms with van der Waals surface area (Å²) >= 11 is 0. The third kappa shape index (κ3) is 11.1. The first-order valence-electron chi connectivity index (χ1n) is 12.4. The van der Waals surface area contributed by atoms with E-state index in [1.807, 2.05) is 0 Å². The van der Waals surface area contributed by atoms with Gasteiger partial charge >= 0.3 is 0 Å². The predicted molar refractivity (Wildman–Crippen MR) is 122 cm³/mol. The van der Waals surface area contributed by atoms with Crippen LogP contribution < -0.4 is 0 Å². The molecule has 0 saturated heterocycles. The Balaban J connectivity index is 1.92. The van der Waals surface area contributed by atoms with Crippen molar-refractivity contribution in [1.82, 2.24) is 9.80 Å². The van der Waals surface area contributed by atoms with Gasteiger partial charge in [0.05, 0.1) is 0 Å². The molecule has 2 heteroatoms. The minimum absolute atomic E-state index is 0.590. The summed E-state index contributed by atoms with van der Waals surface area (Å²) in [7, 11) is 0. The highest BCUT2D eigenvalue weighted by Crippen LogP contribution is 2.23. The highest BCUT2D eigenvalue weighted by Gasteiger charge is 2.27. The highest BCUT2D eigenvalue weighted by molar-refractivity contribution is 4.97. The lowest BCUT2D eigenvalue weighted by molar-refractivity contribution is 0.106. The molecule has 0 bridgehead atoms. The summed E-state index contributed by atoms with van der Waals surface area (Å²) in [5, 5.41) is 0. The van der Waals surface area contributed by atoms with Crippen LogP contribution in [-0.4, -0.2) is 29.1 Å². The Labute approximate surface area is 171 Å². The first-order valence-corrected chi connectivity index (χ1v) is 12.4. The maximum Gasteiger partial charge on any atom is 0.103 e. The van der Waals surface area contributed by atoms with Gasteiger partial charge in [0.15, 0.2) is 0 Å². The molecule has 27 heavy (non-hydrogen) atoms. The van der Waals surface area contributed by atoms with E-state index in [4.69, 9.17) is 0 Å². The summed E-state index contributed by atoms with van der Waals surface area (Å²) in [6.07, 6.45) is 26.6. The van der Waals surface area contributed by atoms with Crippen molar-refractivity contribution in [3.05, 3.63) is 12.4 Å². The molecule has 0 aliphatic carbocycles. The Bertz CT molecular complexity index is 350. The molecule has 1 heterocycles. The lowest BCUT2D eigenvalue weighted by Crippen LogP contribution is -2.43. The second-order valence-electron chi connectivity index (χ2n) is 9.03. The maximum absolute atomic E-state index is 2.58. The molecule has 0 aromatic rings. The van der Waals surface area contributed by atoms with E-state index in [1.54, 1.807) is 0 Å². The number of hydrogen-bond acceptors (Lipinski definition) is 2. The van der Waals surface area contributed by atoms with Crippen LogP contribution in [0.25, 0.3) is 0 Å². The van der Waals surface area contributed by atoms with E-state index in [1.165, 1.54) is 109 Å². The minimum Gasteiger partial charge on any atom is -0.356 e. The maximum atomic E-state index is 2.58. The summed E-state index contributed by atoms with van der Waals surface area (Å²) in [6, 6.07) is 0. The first-order chi connectivity index (χ1) is 13.2. The van der Waals surface area contributed by atoms with E-state index < -0.39 is 0 Å². The number of hydrogen-bond donors (Lipinski definition) is 0. The quantitative estimate of drug-likeness (QED) is 0.223. The molecule has 1 aliphatic heterocycles. The molecule has 0 amide bonds. The monoisotopic (exact) mass is 378 g/mol. The zero-order chi connectivity index (χ0) is 19.7. The second kappa shape index (κ2) is 16.3. The Morgan fingerprint density at radius 1 is 0.556 bits per heavy atom. The molecular weight excluding hydrogens is 328 g/mol. The van der Waals surface area contributed by atoms with E-state index in [9.17, 15) is 0 Å². The number of rotatable bonds is 18. The van der Waals surface area contributed by atoms with Gasteiger partial charge in [-0.05, 0) is 18.8 Å². The van der Waals surface area contributed by atoms with E-state index in [0.29, 0.717) is 12.1 Å². The summed E-state index contributed by atoms with van der Waals surface area (Å²) < 4.78 is 0. The first kappa shape index (κ1) is 24.4. The zero-order valence-corrected chi connectivity index (χ0v) is 19.2. The summed E-state index contributed by atoms with van der Waals surface area (Å²) in [5.41, 5.74) is 0. The third-order valence-corrected chi connectivity index (χ3v) is 5.98. The molecular formula is C25H50N2. The van der Waals surface area contributed by atoms with E-state index in [2.05, 4.69) is 49.9 Å². The molecule has 2 nitrogen and oxygen atoms in total. The van der Waals surface area contributed by atoms with Gasteiger partial charge in [-0.15, -0.1) is 0 Å². The van der Waals surface area contributed by atoms with Crippen molar-refractivity contribution >= 4 is 0 Å². The molecule has 1 unspecified atom stereocenters. The van der Waals surface area contributed by atoms with Crippen LogP contribution in [0, 0.1) is 5.92 Å². The average Bonchev–Trinajstić information content (AvgIpc) is 3.05. The average molecular weight is 379 g/mol. The van der Waals surface area contributed by atoms with E-state index in [0.717, 1.165) is 0 Å². The molecule has 0 aromatic carbocycles. The Morgan fingerprint density at radius 2 is 0.963 bits per heavy atom. The van der Waals surface area contributed by atoms with E-state index >= 15 is 0 Å². The van der Waals surface area contributed by atoms with Gasteiger partial charge in [-0.1, -0.05) is 111 Å². The second-order valence-corrected chi connectivity index (χ2v) is 9.03. The molecule has 1 rings (SSSR count). The fourth-order valence-corrected chi connectivity index (χ4v) is 4.46. The lowest BCUT2D eigenvalue weighted by Gasteiger charge is -2.35. The standard InChI is InChI=1S/C25H50N2/c1-5-7-8-9-10-11-12-13-14-15-16-17-18-19-21-27-23-22-26(20-6-2)25(27)24(3)4/h22-25H,5-21H2,1-4H3. The summed E-state index contributed by atoms with van der Waals surface area (Å²) in [5.74, 6) is 0.693. The smallest absolute Gasteiger partial charge is 0.103 e. The summed E-state index contributed by atoms with van der Waals surface area (Å²) in [4.78, 5) is 5.12. The molecule has 0 fully saturated rings. The number of unbranched alkanes of at least 4 members (excludes halogenated alkanes) is 13. The molecule has 1 atom stereocenters. The van der Waals surface area contributed by atoms with Crippen LogP contribution in [0.5, 0.6) is 0 Å². The largest absolute Gasteiger partial charge is 0.356 e. The van der Waals surface area contributed by atoms with Gasteiger partial charge in [-0.3, -0.25) is 0 Å². The van der Waals surface area contributed by atoms with Crippen LogP contribution in [0.2, 0.25) is 0 Å². The van der Waals surface area contributed by atoms with Gasteiger partial charge in [0.25, 0.3) is 0 Å². The van der Waals surface area contributed by atoms with Gasteiger partial charge in [0, 0.05) is 25.5 Å². The SMILES string of the molecule is CCCCCCCCCCCCCCCCN1C=CN(CCC)C1C(C)C. The molecule has 1 aliphatic rings. The normalized spacial score (nSPS) is 16.9. The van der Waals surface area contributed by atoms with Crippen molar-refractivity contribution in [1.29, 1.82) is 0 Å². The molecule has 0 spiro atoms. The van der Waals surface area contributed by atoms with Crippen molar-refractivity contribution in [2.24, 2.45) is 5.92 Å². The van der Waals surface area contributed by atoms with Crippen LogP contribution in [0.4, 0.5) is 0 Å². The van der Waals surface area contributed by atoms with Gasteiger partial charge in [-0.25, -0.2) is 0 Å². The molecule has 160 valence electrons. The van der Waals surface area contributed by atoms with Gasteiger partial charge in [0.2, 0.25) is 0 Å². The van der Waals surface area contributed by atoms with Crippen LogP contribution in [0.1, 0.15) is 124 Å². The van der Waals surface area contributed by atoms with E-state index in [-0.39, 0.29) is 0 Å². The summed E-state index contributed by atoms with van der Waals surface area (Å²) in [6.45, 7) is 11.7. The van der Waals surface area contributed by atoms with Gasteiger partial charge < -0.3 is 9.80 Å². The highest BCUT2D eigenvalue weighted by atomic mass is 15.4.